The first kappa shape index (κ1) is 19.3. The van der Waals surface area contributed by atoms with Gasteiger partial charge in [0.2, 0.25) is 5.95 Å². The molecule has 0 saturated carbocycles. The molecule has 3 heterocycles. The molecule has 158 valence electrons. The predicted octanol–water partition coefficient (Wildman–Crippen LogP) is 3.40. The standard InChI is InChI=1S/C23H24N6O2/c1-30-18-4-2-14-11-29(12-16(14)9-18)23-27-21-6-7-31-13-19(21)22(28-23)26-17-3-5-20(25)15(8-17)10-24/h2-5,8-10,24H,6-7,11-13,25H2,1H3,(H,26,27,28). The van der Waals surface area contributed by atoms with Gasteiger partial charge in [0.25, 0.3) is 0 Å². The Kier molecular flexibility index (Phi) is 4.91. The Morgan fingerprint density at radius 1 is 1.16 bits per heavy atom. The molecule has 31 heavy (non-hydrogen) atoms. The third kappa shape index (κ3) is 3.66. The molecule has 8 heteroatoms. The van der Waals surface area contributed by atoms with Crippen molar-refractivity contribution in [3.63, 3.8) is 0 Å². The number of fused-ring (bicyclic) bond motifs is 2. The summed E-state index contributed by atoms with van der Waals surface area (Å²) in [5.74, 6) is 2.28. The van der Waals surface area contributed by atoms with Gasteiger partial charge < -0.3 is 30.8 Å². The number of ether oxygens (including phenoxy) is 2. The van der Waals surface area contributed by atoms with Crippen molar-refractivity contribution < 1.29 is 9.47 Å². The van der Waals surface area contributed by atoms with Crippen LogP contribution in [0.2, 0.25) is 0 Å². The number of anilines is 4. The number of hydrogen-bond donors (Lipinski definition) is 3. The summed E-state index contributed by atoms with van der Waals surface area (Å²) in [7, 11) is 1.68. The van der Waals surface area contributed by atoms with Crippen LogP contribution in [0.4, 0.5) is 23.1 Å². The Morgan fingerprint density at radius 3 is 2.87 bits per heavy atom. The molecule has 0 spiro atoms. The monoisotopic (exact) mass is 416 g/mol. The minimum atomic E-state index is 0.474. The van der Waals surface area contributed by atoms with Gasteiger partial charge in [-0.1, -0.05) is 6.07 Å². The number of nitrogens with one attached hydrogen (secondary N) is 2. The number of nitrogens with two attached hydrogens (primary N) is 1. The Bertz CT molecular complexity index is 1160. The Labute approximate surface area is 180 Å². The fourth-order valence-corrected chi connectivity index (χ4v) is 4.02. The van der Waals surface area contributed by atoms with E-state index in [9.17, 15) is 0 Å². The van der Waals surface area contributed by atoms with E-state index in [0.29, 0.717) is 30.4 Å². The van der Waals surface area contributed by atoms with E-state index in [1.807, 2.05) is 18.2 Å². The van der Waals surface area contributed by atoms with Gasteiger partial charge in [0.05, 0.1) is 26.0 Å². The Balaban J connectivity index is 1.49. The van der Waals surface area contributed by atoms with Gasteiger partial charge in [0.1, 0.15) is 11.6 Å². The van der Waals surface area contributed by atoms with Crippen LogP contribution in [0.25, 0.3) is 0 Å². The fraction of sp³-hybridized carbons (Fsp3) is 0.261. The zero-order valence-corrected chi connectivity index (χ0v) is 17.3. The average Bonchev–Trinajstić information content (AvgIpc) is 3.23. The molecule has 0 atom stereocenters. The largest absolute Gasteiger partial charge is 0.497 e. The number of hydrogen-bond acceptors (Lipinski definition) is 8. The summed E-state index contributed by atoms with van der Waals surface area (Å²) in [4.78, 5) is 11.9. The number of aromatic nitrogens is 2. The molecule has 0 saturated heterocycles. The molecule has 2 aromatic carbocycles. The van der Waals surface area contributed by atoms with Gasteiger partial charge in [0, 0.05) is 48.2 Å². The summed E-state index contributed by atoms with van der Waals surface area (Å²) in [6.45, 7) is 2.62. The van der Waals surface area contributed by atoms with Crippen LogP contribution in [0, 0.1) is 5.41 Å². The summed E-state index contributed by atoms with van der Waals surface area (Å²) in [6, 6.07) is 11.7. The predicted molar refractivity (Wildman–Crippen MR) is 120 cm³/mol. The maximum Gasteiger partial charge on any atom is 0.228 e. The minimum Gasteiger partial charge on any atom is -0.497 e. The first-order valence-electron chi connectivity index (χ1n) is 10.2. The number of rotatable bonds is 5. The van der Waals surface area contributed by atoms with E-state index >= 15 is 0 Å². The first-order valence-corrected chi connectivity index (χ1v) is 10.2. The Hall–Kier alpha value is -3.65. The van der Waals surface area contributed by atoms with Crippen LogP contribution in [0.15, 0.2) is 36.4 Å². The molecule has 0 bridgehead atoms. The lowest BCUT2D eigenvalue weighted by Crippen LogP contribution is -2.22. The summed E-state index contributed by atoms with van der Waals surface area (Å²) < 4.78 is 11.0. The second-order valence-electron chi connectivity index (χ2n) is 7.70. The summed E-state index contributed by atoms with van der Waals surface area (Å²) >= 11 is 0. The summed E-state index contributed by atoms with van der Waals surface area (Å²) in [5.41, 5.74) is 12.5. The second-order valence-corrected chi connectivity index (χ2v) is 7.70. The minimum absolute atomic E-state index is 0.474. The normalized spacial score (nSPS) is 14.7. The van der Waals surface area contributed by atoms with E-state index in [1.54, 1.807) is 13.2 Å². The van der Waals surface area contributed by atoms with Crippen LogP contribution in [-0.2, 0) is 30.9 Å². The highest BCUT2D eigenvalue weighted by Gasteiger charge is 2.25. The molecule has 3 aromatic rings. The van der Waals surface area contributed by atoms with Gasteiger partial charge >= 0.3 is 0 Å². The van der Waals surface area contributed by atoms with Crippen molar-refractivity contribution in [1.82, 2.24) is 9.97 Å². The van der Waals surface area contributed by atoms with E-state index in [0.717, 1.165) is 48.0 Å². The van der Waals surface area contributed by atoms with E-state index in [2.05, 4.69) is 22.3 Å². The van der Waals surface area contributed by atoms with E-state index in [4.69, 9.17) is 30.6 Å². The molecule has 0 radical (unpaired) electrons. The average molecular weight is 416 g/mol. The molecule has 0 fully saturated rings. The summed E-state index contributed by atoms with van der Waals surface area (Å²) in [5, 5.41) is 11.0. The molecule has 5 rings (SSSR count). The molecule has 0 unspecified atom stereocenters. The van der Waals surface area contributed by atoms with Gasteiger partial charge in [0.15, 0.2) is 0 Å². The highest BCUT2D eigenvalue weighted by molar-refractivity contribution is 5.87. The van der Waals surface area contributed by atoms with Crippen molar-refractivity contribution in [2.24, 2.45) is 0 Å². The molecule has 2 aliphatic heterocycles. The van der Waals surface area contributed by atoms with Gasteiger partial charge in [-0.15, -0.1) is 0 Å². The third-order valence-corrected chi connectivity index (χ3v) is 5.73. The van der Waals surface area contributed by atoms with E-state index < -0.39 is 0 Å². The van der Waals surface area contributed by atoms with Gasteiger partial charge in [-0.05, 0) is 41.5 Å². The van der Waals surface area contributed by atoms with Crippen molar-refractivity contribution >= 4 is 29.4 Å². The number of methoxy groups -OCH3 is 1. The van der Waals surface area contributed by atoms with Crippen LogP contribution in [0.5, 0.6) is 5.75 Å². The topological polar surface area (TPSA) is 109 Å². The lowest BCUT2D eigenvalue weighted by molar-refractivity contribution is 0.109. The lowest BCUT2D eigenvalue weighted by atomic mass is 10.1. The number of nitrogens with zero attached hydrogens (tertiary/aromatic N) is 3. The van der Waals surface area contributed by atoms with Crippen molar-refractivity contribution in [3.8, 4) is 5.75 Å². The molecule has 1 aromatic heterocycles. The highest BCUT2D eigenvalue weighted by Crippen LogP contribution is 2.33. The highest BCUT2D eigenvalue weighted by atomic mass is 16.5. The second kappa shape index (κ2) is 7.88. The quantitative estimate of drug-likeness (QED) is 0.432. The van der Waals surface area contributed by atoms with Gasteiger partial charge in [-0.2, -0.15) is 4.98 Å². The van der Waals surface area contributed by atoms with Crippen molar-refractivity contribution in [3.05, 3.63) is 64.3 Å². The molecule has 0 aliphatic carbocycles. The molecule has 4 N–H and O–H groups in total. The Morgan fingerprint density at radius 2 is 2.03 bits per heavy atom. The third-order valence-electron chi connectivity index (χ3n) is 5.73. The van der Waals surface area contributed by atoms with Crippen LogP contribution >= 0.6 is 0 Å². The van der Waals surface area contributed by atoms with Crippen LogP contribution < -0.4 is 20.7 Å². The van der Waals surface area contributed by atoms with Crippen LogP contribution in [-0.4, -0.2) is 29.9 Å². The van der Waals surface area contributed by atoms with Gasteiger partial charge in [-0.3, -0.25) is 0 Å². The van der Waals surface area contributed by atoms with Gasteiger partial charge in [-0.25, -0.2) is 4.98 Å². The van der Waals surface area contributed by atoms with E-state index in [-0.39, 0.29) is 0 Å². The molecular weight excluding hydrogens is 392 g/mol. The zero-order chi connectivity index (χ0) is 21.4. The molecule has 2 aliphatic rings. The fourth-order valence-electron chi connectivity index (χ4n) is 4.02. The summed E-state index contributed by atoms with van der Waals surface area (Å²) in [6.07, 6.45) is 2.00. The molecular formula is C23H24N6O2. The smallest absolute Gasteiger partial charge is 0.228 e. The van der Waals surface area contributed by atoms with Crippen molar-refractivity contribution in [2.75, 3.05) is 29.7 Å². The zero-order valence-electron chi connectivity index (χ0n) is 17.3. The van der Waals surface area contributed by atoms with Crippen molar-refractivity contribution in [2.45, 2.75) is 26.1 Å². The van der Waals surface area contributed by atoms with Crippen molar-refractivity contribution in [1.29, 1.82) is 5.41 Å². The SMILES string of the molecule is COc1ccc2c(c1)CN(c1nc3c(c(Nc4ccc(N)c(C=N)c4)n1)COCC3)C2. The maximum absolute atomic E-state index is 7.56. The van der Waals surface area contributed by atoms with Crippen LogP contribution in [0.3, 0.4) is 0 Å². The maximum atomic E-state index is 7.56. The lowest BCUT2D eigenvalue weighted by Gasteiger charge is -2.23. The number of benzene rings is 2. The van der Waals surface area contributed by atoms with Crippen LogP contribution in [0.1, 0.15) is 27.9 Å². The molecule has 8 nitrogen and oxygen atoms in total. The molecule has 0 amide bonds. The first-order chi connectivity index (χ1) is 15.1. The van der Waals surface area contributed by atoms with E-state index in [1.165, 1.54) is 17.3 Å². The number of nitrogen functional groups attached to an aromatic ring is 1.